The topological polar surface area (TPSA) is 152 Å². The predicted octanol–water partition coefficient (Wildman–Crippen LogP) is 3.85. The molecule has 1 saturated heterocycles. The van der Waals surface area contributed by atoms with Crippen molar-refractivity contribution >= 4 is 39.7 Å². The molecule has 1 aliphatic heterocycles. The molecule has 0 atom stereocenters. The van der Waals surface area contributed by atoms with E-state index in [9.17, 15) is 19.7 Å². The number of morpholine rings is 1. The number of para-hydroxylation sites is 2. The Kier molecular flexibility index (Phi) is 7.54. The number of carbonyl (C=O) groups is 1. The molecule has 43 heavy (non-hydrogen) atoms. The van der Waals surface area contributed by atoms with E-state index in [1.165, 1.54) is 25.5 Å². The predicted molar refractivity (Wildman–Crippen MR) is 157 cm³/mol. The number of hydrogen-bond acceptors (Lipinski definition) is 10. The monoisotopic (exact) mass is 583 g/mol. The van der Waals surface area contributed by atoms with Gasteiger partial charge in [-0.2, -0.15) is 9.78 Å². The van der Waals surface area contributed by atoms with Crippen LogP contribution in [0.25, 0.3) is 33.5 Å². The summed E-state index contributed by atoms with van der Waals surface area (Å²) in [6, 6.07) is 18.7. The molecule has 3 heterocycles. The molecule has 0 N–H and O–H groups in total. The molecule has 1 fully saturated rings. The van der Waals surface area contributed by atoms with E-state index in [1.54, 1.807) is 41.3 Å². The van der Waals surface area contributed by atoms with Crippen molar-refractivity contribution in [3.05, 3.63) is 92.8 Å². The Labute approximate surface area is 243 Å². The number of ether oxygens (including phenoxy) is 3. The van der Waals surface area contributed by atoms with E-state index in [0.717, 1.165) is 10.1 Å². The van der Waals surface area contributed by atoms with Crippen molar-refractivity contribution in [2.75, 3.05) is 40.0 Å². The molecule has 1 aliphatic rings. The van der Waals surface area contributed by atoms with Crippen LogP contribution in [0.5, 0.6) is 11.5 Å². The number of nitro groups is 1. The standard InChI is InChI=1S/C30H25N5O8/c1-40-25-15-19(14-23(35(38)39)28(25)42-18-27(36)33-10-12-41-13-11-33)17-31-34-29(26-16-20-6-2-5-9-24(20)43-26)32-22-8-4-3-7-21(22)30(34)37/h2-9,14-17H,10-13,18H2,1H3. The number of fused-ring (bicyclic) bond motifs is 2. The van der Waals surface area contributed by atoms with Gasteiger partial charge in [0.15, 0.2) is 18.1 Å². The fraction of sp³-hybridized carbons (Fsp3) is 0.200. The number of furan rings is 1. The van der Waals surface area contributed by atoms with Gasteiger partial charge in [0.2, 0.25) is 11.6 Å². The number of benzene rings is 3. The zero-order valence-corrected chi connectivity index (χ0v) is 23.0. The van der Waals surface area contributed by atoms with Gasteiger partial charge < -0.3 is 23.5 Å². The largest absolute Gasteiger partial charge is 0.493 e. The summed E-state index contributed by atoms with van der Waals surface area (Å²) in [5.41, 5.74) is 0.418. The summed E-state index contributed by atoms with van der Waals surface area (Å²) in [7, 11) is 1.33. The fourth-order valence-corrected chi connectivity index (χ4v) is 4.76. The summed E-state index contributed by atoms with van der Waals surface area (Å²) < 4.78 is 23.3. The van der Waals surface area contributed by atoms with Gasteiger partial charge in [-0.1, -0.05) is 30.3 Å². The quantitative estimate of drug-likeness (QED) is 0.151. The molecule has 0 aliphatic carbocycles. The van der Waals surface area contributed by atoms with Gasteiger partial charge in [0.1, 0.15) is 5.58 Å². The lowest BCUT2D eigenvalue weighted by Crippen LogP contribution is -2.43. The van der Waals surface area contributed by atoms with Gasteiger partial charge in [-0.3, -0.25) is 19.7 Å². The lowest BCUT2D eigenvalue weighted by molar-refractivity contribution is -0.385. The summed E-state index contributed by atoms with van der Waals surface area (Å²) in [6.45, 7) is 1.24. The molecule has 13 nitrogen and oxygen atoms in total. The molecule has 0 saturated carbocycles. The number of rotatable bonds is 8. The molecule has 1 amide bonds. The van der Waals surface area contributed by atoms with Gasteiger partial charge in [0, 0.05) is 30.1 Å². The molecule has 0 unspecified atom stereocenters. The van der Waals surface area contributed by atoms with Crippen molar-refractivity contribution in [3.63, 3.8) is 0 Å². The van der Waals surface area contributed by atoms with Crippen molar-refractivity contribution in [2.45, 2.75) is 0 Å². The molecule has 218 valence electrons. The maximum absolute atomic E-state index is 13.6. The molecule has 13 heteroatoms. The average Bonchev–Trinajstić information content (AvgIpc) is 3.47. The molecular weight excluding hydrogens is 558 g/mol. The number of hydrogen-bond donors (Lipinski definition) is 0. The van der Waals surface area contributed by atoms with Crippen LogP contribution in [0.15, 0.2) is 81.0 Å². The molecule has 0 spiro atoms. The number of amides is 1. The third-order valence-electron chi connectivity index (χ3n) is 6.90. The van der Waals surface area contributed by atoms with Crippen LogP contribution in [-0.2, 0) is 9.53 Å². The minimum atomic E-state index is -0.641. The van der Waals surface area contributed by atoms with Crippen LogP contribution in [0.1, 0.15) is 5.56 Å². The van der Waals surface area contributed by atoms with Crippen LogP contribution in [0.3, 0.4) is 0 Å². The van der Waals surface area contributed by atoms with Crippen LogP contribution >= 0.6 is 0 Å². The summed E-state index contributed by atoms with van der Waals surface area (Å²) in [6.07, 6.45) is 1.28. The number of nitro benzene ring substituents is 1. The lowest BCUT2D eigenvalue weighted by atomic mass is 10.2. The van der Waals surface area contributed by atoms with E-state index in [4.69, 9.17) is 18.6 Å². The Morgan fingerprint density at radius 1 is 1.12 bits per heavy atom. The average molecular weight is 584 g/mol. The number of aromatic nitrogens is 2. The van der Waals surface area contributed by atoms with Crippen molar-refractivity contribution in [2.24, 2.45) is 5.10 Å². The second-order valence-corrected chi connectivity index (χ2v) is 9.57. The number of methoxy groups -OCH3 is 1. The first kappa shape index (κ1) is 27.6. The summed E-state index contributed by atoms with van der Waals surface area (Å²) in [5, 5.41) is 17.6. The zero-order valence-electron chi connectivity index (χ0n) is 23.0. The maximum atomic E-state index is 13.6. The summed E-state index contributed by atoms with van der Waals surface area (Å²) >= 11 is 0. The lowest BCUT2D eigenvalue weighted by Gasteiger charge is -2.26. The maximum Gasteiger partial charge on any atom is 0.315 e. The Bertz CT molecular complexity index is 1910. The first-order valence-electron chi connectivity index (χ1n) is 13.3. The van der Waals surface area contributed by atoms with Gasteiger partial charge in [-0.25, -0.2) is 4.98 Å². The Hall–Kier alpha value is -5.56. The Balaban J connectivity index is 1.38. The third-order valence-corrected chi connectivity index (χ3v) is 6.90. The fourth-order valence-electron chi connectivity index (χ4n) is 4.76. The van der Waals surface area contributed by atoms with Crippen LogP contribution < -0.4 is 15.0 Å². The first-order chi connectivity index (χ1) is 20.9. The van der Waals surface area contributed by atoms with E-state index in [-0.39, 0.29) is 28.8 Å². The smallest absolute Gasteiger partial charge is 0.315 e. The van der Waals surface area contributed by atoms with Crippen LogP contribution in [0.4, 0.5) is 5.69 Å². The highest BCUT2D eigenvalue weighted by Crippen LogP contribution is 2.38. The van der Waals surface area contributed by atoms with Crippen molar-refractivity contribution in [1.82, 2.24) is 14.6 Å². The zero-order chi connectivity index (χ0) is 29.9. The molecule has 0 bridgehead atoms. The van der Waals surface area contributed by atoms with E-state index in [2.05, 4.69) is 10.1 Å². The number of nitrogens with zero attached hydrogens (tertiary/aromatic N) is 5. The molecule has 2 aromatic heterocycles. The molecule has 3 aromatic carbocycles. The molecule has 6 rings (SSSR count). The van der Waals surface area contributed by atoms with Crippen molar-refractivity contribution < 1.29 is 28.3 Å². The van der Waals surface area contributed by atoms with Gasteiger partial charge in [-0.05, 0) is 30.3 Å². The SMILES string of the molecule is COc1cc(C=Nn2c(-c3cc4ccccc4o3)nc3ccccc3c2=O)cc([N+](=O)[O-])c1OCC(=O)N1CCOCC1. The van der Waals surface area contributed by atoms with Crippen LogP contribution in [-0.4, -0.2) is 71.6 Å². The summed E-state index contributed by atoms with van der Waals surface area (Å²) in [4.78, 5) is 43.7. The summed E-state index contributed by atoms with van der Waals surface area (Å²) in [5.74, 6) is -0.0325. The normalized spacial score (nSPS) is 13.6. The third kappa shape index (κ3) is 5.53. The van der Waals surface area contributed by atoms with Gasteiger partial charge >= 0.3 is 5.69 Å². The minimum Gasteiger partial charge on any atom is -0.493 e. The van der Waals surface area contributed by atoms with E-state index >= 15 is 0 Å². The van der Waals surface area contributed by atoms with E-state index < -0.39 is 22.8 Å². The highest BCUT2D eigenvalue weighted by atomic mass is 16.6. The second-order valence-electron chi connectivity index (χ2n) is 9.57. The van der Waals surface area contributed by atoms with Gasteiger partial charge in [0.05, 0.1) is 42.4 Å². The minimum absolute atomic E-state index is 0.0203. The van der Waals surface area contributed by atoms with Crippen molar-refractivity contribution in [3.8, 4) is 23.1 Å². The van der Waals surface area contributed by atoms with Gasteiger partial charge in [0.25, 0.3) is 11.5 Å². The second kappa shape index (κ2) is 11.7. The highest BCUT2D eigenvalue weighted by molar-refractivity contribution is 5.86. The van der Waals surface area contributed by atoms with Crippen molar-refractivity contribution in [1.29, 1.82) is 0 Å². The first-order valence-corrected chi connectivity index (χ1v) is 13.3. The van der Waals surface area contributed by atoms with E-state index in [1.807, 2.05) is 18.2 Å². The number of carbonyl (C=O) groups excluding carboxylic acids is 1. The Morgan fingerprint density at radius 2 is 1.88 bits per heavy atom. The van der Waals surface area contributed by atoms with Gasteiger partial charge in [-0.15, -0.1) is 0 Å². The molecule has 5 aromatic rings. The van der Waals surface area contributed by atoms with Crippen LogP contribution in [0, 0.1) is 10.1 Å². The molecule has 0 radical (unpaired) electrons. The van der Waals surface area contributed by atoms with Crippen LogP contribution in [0.2, 0.25) is 0 Å². The Morgan fingerprint density at radius 3 is 2.65 bits per heavy atom. The van der Waals surface area contributed by atoms with E-state index in [0.29, 0.717) is 48.5 Å². The highest BCUT2D eigenvalue weighted by Gasteiger charge is 2.25. The molecular formula is C30H25N5O8.